The SMILES string of the molecule is CC(C)C(C)C.CCC(O)CC. The molecule has 76 valence electrons. The molecule has 1 heteroatoms. The summed E-state index contributed by atoms with van der Waals surface area (Å²) in [6, 6.07) is 0. The molecule has 0 aliphatic heterocycles. The molecule has 0 bridgehead atoms. The van der Waals surface area contributed by atoms with Crippen LogP contribution in [0.5, 0.6) is 0 Å². The van der Waals surface area contributed by atoms with E-state index in [4.69, 9.17) is 5.11 Å². The predicted octanol–water partition coefficient (Wildman–Crippen LogP) is 3.47. The van der Waals surface area contributed by atoms with E-state index in [1.165, 1.54) is 0 Å². The average Bonchev–Trinajstić information content (AvgIpc) is 2.04. The van der Waals surface area contributed by atoms with Gasteiger partial charge in [-0.3, -0.25) is 0 Å². The van der Waals surface area contributed by atoms with Gasteiger partial charge in [-0.2, -0.15) is 0 Å². The minimum Gasteiger partial charge on any atom is -0.393 e. The van der Waals surface area contributed by atoms with Crippen molar-refractivity contribution >= 4 is 0 Å². The first-order valence-corrected chi connectivity index (χ1v) is 5.13. The highest BCUT2D eigenvalue weighted by Crippen LogP contribution is 2.05. The molecule has 0 rings (SSSR count). The molecule has 0 radical (unpaired) electrons. The summed E-state index contributed by atoms with van der Waals surface area (Å²) in [5.41, 5.74) is 0. The molecular formula is C11H26O. The highest BCUT2D eigenvalue weighted by Gasteiger charge is 1.95. The fourth-order valence-corrected chi connectivity index (χ4v) is 0.289. The minimum atomic E-state index is -0.0648. The highest BCUT2D eigenvalue weighted by atomic mass is 16.3. The lowest BCUT2D eigenvalue weighted by Gasteiger charge is -2.05. The van der Waals surface area contributed by atoms with E-state index in [9.17, 15) is 0 Å². The van der Waals surface area contributed by atoms with Gasteiger partial charge in [0, 0.05) is 0 Å². The van der Waals surface area contributed by atoms with E-state index in [1.807, 2.05) is 13.8 Å². The molecule has 0 unspecified atom stereocenters. The maximum Gasteiger partial charge on any atom is 0.0535 e. The first-order chi connectivity index (χ1) is 5.45. The molecule has 0 saturated heterocycles. The zero-order chi connectivity index (χ0) is 10.1. The molecule has 0 aromatic heterocycles. The second-order valence-corrected chi connectivity index (χ2v) is 3.96. The Hall–Kier alpha value is -0.0400. The average molecular weight is 174 g/mol. The summed E-state index contributed by atoms with van der Waals surface area (Å²) >= 11 is 0. The largest absolute Gasteiger partial charge is 0.393 e. The van der Waals surface area contributed by atoms with Gasteiger partial charge in [-0.05, 0) is 24.7 Å². The van der Waals surface area contributed by atoms with Crippen molar-refractivity contribution < 1.29 is 5.11 Å². The predicted molar refractivity (Wildman–Crippen MR) is 56.3 cm³/mol. The summed E-state index contributed by atoms with van der Waals surface area (Å²) in [5, 5.41) is 8.67. The van der Waals surface area contributed by atoms with Crippen molar-refractivity contribution in [3.63, 3.8) is 0 Å². The molecule has 0 aromatic carbocycles. The van der Waals surface area contributed by atoms with Crippen LogP contribution in [-0.2, 0) is 0 Å². The van der Waals surface area contributed by atoms with E-state index in [0.717, 1.165) is 24.7 Å². The molecule has 0 heterocycles. The Bertz CT molecular complexity index is 67.1. The fraction of sp³-hybridized carbons (Fsp3) is 1.00. The van der Waals surface area contributed by atoms with Gasteiger partial charge in [-0.25, -0.2) is 0 Å². The maximum absolute atomic E-state index is 8.67. The van der Waals surface area contributed by atoms with Crippen LogP contribution in [0.15, 0.2) is 0 Å². The molecule has 1 N–H and O–H groups in total. The molecule has 0 spiro atoms. The van der Waals surface area contributed by atoms with Crippen LogP contribution in [0, 0.1) is 11.8 Å². The molecule has 0 aliphatic carbocycles. The monoisotopic (exact) mass is 174 g/mol. The molecule has 0 saturated carbocycles. The van der Waals surface area contributed by atoms with Crippen molar-refractivity contribution in [2.75, 3.05) is 0 Å². The van der Waals surface area contributed by atoms with Crippen LogP contribution in [0.25, 0.3) is 0 Å². The zero-order valence-corrected chi connectivity index (χ0v) is 9.59. The van der Waals surface area contributed by atoms with Crippen LogP contribution in [0.4, 0.5) is 0 Å². The van der Waals surface area contributed by atoms with Crippen LogP contribution in [0.2, 0.25) is 0 Å². The topological polar surface area (TPSA) is 20.2 Å². The molecule has 0 aromatic rings. The van der Waals surface area contributed by atoms with Crippen LogP contribution in [-0.4, -0.2) is 11.2 Å². The number of aliphatic hydroxyl groups excluding tert-OH is 1. The van der Waals surface area contributed by atoms with Crippen molar-refractivity contribution in [2.45, 2.75) is 60.5 Å². The first-order valence-electron chi connectivity index (χ1n) is 5.13. The molecule has 0 fully saturated rings. The lowest BCUT2D eigenvalue weighted by atomic mass is 10.0. The van der Waals surface area contributed by atoms with E-state index in [0.29, 0.717) is 0 Å². The van der Waals surface area contributed by atoms with Crippen LogP contribution >= 0.6 is 0 Å². The number of aliphatic hydroxyl groups is 1. The second-order valence-electron chi connectivity index (χ2n) is 3.96. The van der Waals surface area contributed by atoms with E-state index >= 15 is 0 Å². The van der Waals surface area contributed by atoms with Crippen molar-refractivity contribution in [1.82, 2.24) is 0 Å². The van der Waals surface area contributed by atoms with Crippen molar-refractivity contribution in [3.8, 4) is 0 Å². The van der Waals surface area contributed by atoms with Gasteiger partial charge in [0.05, 0.1) is 6.10 Å². The number of hydrogen-bond donors (Lipinski definition) is 1. The highest BCUT2D eigenvalue weighted by molar-refractivity contribution is 4.46. The summed E-state index contributed by atoms with van der Waals surface area (Å²) in [6.07, 6.45) is 1.71. The van der Waals surface area contributed by atoms with Gasteiger partial charge < -0.3 is 5.11 Å². The molecule has 1 nitrogen and oxygen atoms in total. The molecule has 0 atom stereocenters. The fourth-order valence-electron chi connectivity index (χ4n) is 0.289. The van der Waals surface area contributed by atoms with Crippen molar-refractivity contribution in [2.24, 2.45) is 11.8 Å². The van der Waals surface area contributed by atoms with E-state index < -0.39 is 0 Å². The lowest BCUT2D eigenvalue weighted by molar-refractivity contribution is 0.166. The van der Waals surface area contributed by atoms with Crippen LogP contribution < -0.4 is 0 Å². The number of rotatable bonds is 3. The van der Waals surface area contributed by atoms with E-state index in [2.05, 4.69) is 27.7 Å². The first kappa shape index (κ1) is 14.5. The standard InChI is InChI=1S/C6H14.C5H12O/c1-5(2)6(3)4;1-3-5(6)4-2/h5-6H,1-4H3;5-6H,3-4H2,1-2H3. The normalized spacial score (nSPS) is 10.5. The Kier molecular flexibility index (Phi) is 10.9. The molecule has 12 heavy (non-hydrogen) atoms. The van der Waals surface area contributed by atoms with Gasteiger partial charge in [0.25, 0.3) is 0 Å². The third kappa shape index (κ3) is 12.6. The smallest absolute Gasteiger partial charge is 0.0535 e. The molecular weight excluding hydrogens is 148 g/mol. The zero-order valence-electron chi connectivity index (χ0n) is 9.59. The minimum absolute atomic E-state index is 0.0648. The Morgan fingerprint density at radius 3 is 1.08 bits per heavy atom. The van der Waals surface area contributed by atoms with Gasteiger partial charge in [-0.1, -0.05) is 41.5 Å². The summed E-state index contributed by atoms with van der Waals surface area (Å²) in [6.45, 7) is 12.9. The quantitative estimate of drug-likeness (QED) is 0.694. The third-order valence-electron chi connectivity index (χ3n) is 2.28. The summed E-state index contributed by atoms with van der Waals surface area (Å²) in [7, 11) is 0. The summed E-state index contributed by atoms with van der Waals surface area (Å²) in [5.74, 6) is 1.70. The molecule has 0 amide bonds. The van der Waals surface area contributed by atoms with Gasteiger partial charge in [0.2, 0.25) is 0 Å². The van der Waals surface area contributed by atoms with Gasteiger partial charge in [0.15, 0.2) is 0 Å². The summed E-state index contributed by atoms with van der Waals surface area (Å²) in [4.78, 5) is 0. The van der Waals surface area contributed by atoms with Gasteiger partial charge >= 0.3 is 0 Å². The van der Waals surface area contributed by atoms with Crippen LogP contribution in [0.3, 0.4) is 0 Å². The molecule has 0 aliphatic rings. The Balaban J connectivity index is 0. The number of hydrogen-bond acceptors (Lipinski definition) is 1. The lowest BCUT2D eigenvalue weighted by Crippen LogP contribution is -1.99. The Labute approximate surface area is 78.2 Å². The summed E-state index contributed by atoms with van der Waals surface area (Å²) < 4.78 is 0. The van der Waals surface area contributed by atoms with E-state index in [1.54, 1.807) is 0 Å². The Morgan fingerprint density at radius 2 is 1.08 bits per heavy atom. The van der Waals surface area contributed by atoms with Crippen molar-refractivity contribution in [3.05, 3.63) is 0 Å². The van der Waals surface area contributed by atoms with Crippen molar-refractivity contribution in [1.29, 1.82) is 0 Å². The third-order valence-corrected chi connectivity index (χ3v) is 2.28. The second kappa shape index (κ2) is 9.05. The van der Waals surface area contributed by atoms with Crippen LogP contribution in [0.1, 0.15) is 54.4 Å². The van der Waals surface area contributed by atoms with Gasteiger partial charge in [-0.15, -0.1) is 0 Å². The van der Waals surface area contributed by atoms with Gasteiger partial charge in [0.1, 0.15) is 0 Å². The maximum atomic E-state index is 8.67. The Morgan fingerprint density at radius 1 is 0.833 bits per heavy atom. The van der Waals surface area contributed by atoms with E-state index in [-0.39, 0.29) is 6.10 Å².